The van der Waals surface area contributed by atoms with Gasteiger partial charge in [-0.05, 0) is 26.0 Å². The molecule has 2 heterocycles. The molecule has 2 aromatic rings. The second kappa shape index (κ2) is 5.27. The average Bonchev–Trinajstić information content (AvgIpc) is 2.66. The summed E-state index contributed by atoms with van der Waals surface area (Å²) >= 11 is 5.77. The largest absolute Gasteiger partial charge is 0.478 e. The summed E-state index contributed by atoms with van der Waals surface area (Å²) in [5.74, 6) is -0.158. The quantitative estimate of drug-likeness (QED) is 0.838. The van der Waals surface area contributed by atoms with Gasteiger partial charge >= 0.3 is 5.97 Å². The molecule has 2 N–H and O–H groups in total. The zero-order valence-electron chi connectivity index (χ0n) is 10.4. The molecule has 2 rings (SSSR count). The van der Waals surface area contributed by atoms with Gasteiger partial charge in [-0.15, -0.1) is 0 Å². The fraction of sp³-hybridized carbons (Fsp3) is 0.250. The SMILES string of the molecule is Cc1noc(C)c1CNc1nc(Cl)ccc1C(=O)O. The molecule has 0 aliphatic rings. The lowest BCUT2D eigenvalue weighted by molar-refractivity contribution is 0.0697. The Bertz CT molecular complexity index is 605. The summed E-state index contributed by atoms with van der Waals surface area (Å²) in [6, 6.07) is 2.85. The fourth-order valence-corrected chi connectivity index (χ4v) is 1.82. The van der Waals surface area contributed by atoms with E-state index in [9.17, 15) is 4.79 Å². The van der Waals surface area contributed by atoms with Crippen LogP contribution in [-0.2, 0) is 6.54 Å². The molecule has 0 atom stereocenters. The minimum absolute atomic E-state index is 0.0659. The lowest BCUT2D eigenvalue weighted by atomic mass is 10.2. The van der Waals surface area contributed by atoms with E-state index in [0.717, 1.165) is 11.3 Å². The molecule has 7 heteroatoms. The standard InChI is InChI=1S/C12H12ClN3O3/c1-6-9(7(2)19-16-6)5-14-11-8(12(17)18)3-4-10(13)15-11/h3-4H,5H2,1-2H3,(H,14,15)(H,17,18). The molecular weight excluding hydrogens is 270 g/mol. The number of carboxylic acids is 1. The van der Waals surface area contributed by atoms with Crippen LogP contribution < -0.4 is 5.32 Å². The molecule has 2 aromatic heterocycles. The summed E-state index contributed by atoms with van der Waals surface area (Å²) in [5.41, 5.74) is 1.69. The van der Waals surface area contributed by atoms with E-state index in [-0.39, 0.29) is 16.5 Å². The van der Waals surface area contributed by atoms with Crippen molar-refractivity contribution in [3.05, 3.63) is 39.9 Å². The summed E-state index contributed by atoms with van der Waals surface area (Å²) in [4.78, 5) is 15.0. The number of anilines is 1. The van der Waals surface area contributed by atoms with E-state index < -0.39 is 5.97 Å². The van der Waals surface area contributed by atoms with Crippen molar-refractivity contribution < 1.29 is 14.4 Å². The smallest absolute Gasteiger partial charge is 0.339 e. The van der Waals surface area contributed by atoms with E-state index in [0.29, 0.717) is 12.3 Å². The van der Waals surface area contributed by atoms with Gasteiger partial charge in [0.05, 0.1) is 5.69 Å². The van der Waals surface area contributed by atoms with Crippen LogP contribution in [0.2, 0.25) is 5.15 Å². The topological polar surface area (TPSA) is 88.3 Å². The molecule has 100 valence electrons. The van der Waals surface area contributed by atoms with Gasteiger partial charge in [-0.2, -0.15) is 0 Å². The third-order valence-electron chi connectivity index (χ3n) is 2.71. The Balaban J connectivity index is 2.24. The molecule has 0 radical (unpaired) electrons. The predicted molar refractivity (Wildman–Crippen MR) is 69.5 cm³/mol. The van der Waals surface area contributed by atoms with Crippen molar-refractivity contribution in [3.8, 4) is 0 Å². The van der Waals surface area contributed by atoms with Crippen LogP contribution in [0.3, 0.4) is 0 Å². The lowest BCUT2D eigenvalue weighted by Gasteiger charge is -2.08. The van der Waals surface area contributed by atoms with Gasteiger partial charge in [0, 0.05) is 12.1 Å². The van der Waals surface area contributed by atoms with Crippen molar-refractivity contribution in [2.45, 2.75) is 20.4 Å². The number of aromatic nitrogens is 2. The van der Waals surface area contributed by atoms with Crippen molar-refractivity contribution in [2.24, 2.45) is 0 Å². The summed E-state index contributed by atoms with van der Waals surface area (Å²) < 4.78 is 5.03. The first-order valence-electron chi connectivity index (χ1n) is 5.54. The van der Waals surface area contributed by atoms with E-state index in [1.807, 2.05) is 6.92 Å². The normalized spacial score (nSPS) is 10.5. The van der Waals surface area contributed by atoms with Crippen LogP contribution in [-0.4, -0.2) is 21.2 Å². The number of aryl methyl sites for hydroxylation is 2. The maximum absolute atomic E-state index is 11.1. The molecule has 0 saturated heterocycles. The van der Waals surface area contributed by atoms with Gasteiger partial charge in [0.1, 0.15) is 22.3 Å². The van der Waals surface area contributed by atoms with Gasteiger partial charge in [0.15, 0.2) is 0 Å². The Morgan fingerprint density at radius 3 is 2.79 bits per heavy atom. The van der Waals surface area contributed by atoms with E-state index in [1.54, 1.807) is 6.92 Å². The minimum atomic E-state index is -1.06. The van der Waals surface area contributed by atoms with Gasteiger partial charge in [0.25, 0.3) is 0 Å². The highest BCUT2D eigenvalue weighted by atomic mass is 35.5. The van der Waals surface area contributed by atoms with Crippen LogP contribution in [0.1, 0.15) is 27.4 Å². The van der Waals surface area contributed by atoms with Gasteiger partial charge in [-0.3, -0.25) is 0 Å². The maximum atomic E-state index is 11.1. The van der Waals surface area contributed by atoms with Crippen molar-refractivity contribution in [1.82, 2.24) is 10.1 Å². The Morgan fingerprint density at radius 2 is 2.21 bits per heavy atom. The average molecular weight is 282 g/mol. The van der Waals surface area contributed by atoms with Gasteiger partial charge in [-0.25, -0.2) is 9.78 Å². The molecule has 0 fully saturated rings. The highest BCUT2D eigenvalue weighted by Crippen LogP contribution is 2.19. The number of nitrogens with zero attached hydrogens (tertiary/aromatic N) is 2. The van der Waals surface area contributed by atoms with Crippen molar-refractivity contribution >= 4 is 23.4 Å². The van der Waals surface area contributed by atoms with Gasteiger partial charge in [0.2, 0.25) is 0 Å². The van der Waals surface area contributed by atoms with Crippen LogP contribution in [0.5, 0.6) is 0 Å². The Hall–Kier alpha value is -2.08. The number of hydrogen-bond acceptors (Lipinski definition) is 5. The molecule has 0 bridgehead atoms. The Labute approximate surface area is 114 Å². The van der Waals surface area contributed by atoms with E-state index in [4.69, 9.17) is 21.2 Å². The molecule has 0 saturated carbocycles. The van der Waals surface area contributed by atoms with E-state index >= 15 is 0 Å². The van der Waals surface area contributed by atoms with Crippen LogP contribution >= 0.6 is 11.6 Å². The third kappa shape index (κ3) is 2.85. The second-order valence-corrected chi connectivity index (χ2v) is 4.38. The molecule has 0 amide bonds. The predicted octanol–water partition coefficient (Wildman–Crippen LogP) is 2.65. The molecule has 0 aliphatic carbocycles. The van der Waals surface area contributed by atoms with E-state index in [2.05, 4.69) is 15.5 Å². The summed E-state index contributed by atoms with van der Waals surface area (Å²) in [5, 5.41) is 16.1. The van der Waals surface area contributed by atoms with Crippen molar-refractivity contribution in [3.63, 3.8) is 0 Å². The minimum Gasteiger partial charge on any atom is -0.478 e. The zero-order chi connectivity index (χ0) is 14.0. The summed E-state index contributed by atoms with van der Waals surface area (Å²) in [6.07, 6.45) is 0. The number of hydrogen-bond donors (Lipinski definition) is 2. The maximum Gasteiger partial charge on any atom is 0.339 e. The van der Waals surface area contributed by atoms with E-state index in [1.165, 1.54) is 12.1 Å². The molecule has 19 heavy (non-hydrogen) atoms. The molecule has 0 aromatic carbocycles. The number of nitrogens with one attached hydrogen (secondary N) is 1. The van der Waals surface area contributed by atoms with Crippen LogP contribution in [0.4, 0.5) is 5.82 Å². The lowest BCUT2D eigenvalue weighted by Crippen LogP contribution is -2.09. The molecule has 0 aliphatic heterocycles. The van der Waals surface area contributed by atoms with Gasteiger partial charge < -0.3 is 14.9 Å². The number of rotatable bonds is 4. The second-order valence-electron chi connectivity index (χ2n) is 3.99. The number of aromatic carboxylic acids is 1. The first-order valence-corrected chi connectivity index (χ1v) is 5.92. The number of carbonyl (C=O) groups is 1. The highest BCUT2D eigenvalue weighted by molar-refractivity contribution is 6.29. The number of halogens is 1. The number of carboxylic acid groups (broad SMARTS) is 1. The van der Waals surface area contributed by atoms with Crippen molar-refractivity contribution in [2.75, 3.05) is 5.32 Å². The monoisotopic (exact) mass is 281 g/mol. The molecular formula is C12H12ClN3O3. The molecule has 0 spiro atoms. The van der Waals surface area contributed by atoms with Crippen LogP contribution in [0, 0.1) is 13.8 Å². The van der Waals surface area contributed by atoms with Crippen LogP contribution in [0.15, 0.2) is 16.7 Å². The van der Waals surface area contributed by atoms with Crippen LogP contribution in [0.25, 0.3) is 0 Å². The third-order valence-corrected chi connectivity index (χ3v) is 2.92. The van der Waals surface area contributed by atoms with Gasteiger partial charge in [-0.1, -0.05) is 16.8 Å². The van der Waals surface area contributed by atoms with Crippen molar-refractivity contribution in [1.29, 1.82) is 0 Å². The fourth-order valence-electron chi connectivity index (χ4n) is 1.67. The first kappa shape index (κ1) is 13.4. The summed E-state index contributed by atoms with van der Waals surface area (Å²) in [6.45, 7) is 3.98. The molecule has 0 unspecified atom stereocenters. The number of pyridine rings is 1. The Morgan fingerprint density at radius 1 is 1.47 bits per heavy atom. The molecule has 6 nitrogen and oxygen atoms in total. The Kier molecular flexibility index (Phi) is 3.71. The first-order chi connectivity index (χ1) is 8.99. The summed E-state index contributed by atoms with van der Waals surface area (Å²) in [7, 11) is 0. The highest BCUT2D eigenvalue weighted by Gasteiger charge is 2.14. The zero-order valence-corrected chi connectivity index (χ0v) is 11.2.